The van der Waals surface area contributed by atoms with Gasteiger partial charge in [0.2, 0.25) is 0 Å². The first kappa shape index (κ1) is 16.0. The van der Waals surface area contributed by atoms with Crippen LogP contribution in [0.1, 0.15) is 5.56 Å². The van der Waals surface area contributed by atoms with Crippen molar-refractivity contribution in [3.8, 4) is 0 Å². The summed E-state index contributed by atoms with van der Waals surface area (Å²) in [5.41, 5.74) is 7.88. The number of fused-ring (bicyclic) bond motifs is 1. The van der Waals surface area contributed by atoms with Gasteiger partial charge in [0.05, 0.1) is 18.1 Å². The Labute approximate surface area is 147 Å². The number of anilines is 1. The van der Waals surface area contributed by atoms with E-state index in [0.29, 0.717) is 13.1 Å². The normalized spacial score (nSPS) is 15.8. The van der Waals surface area contributed by atoms with Crippen LogP contribution in [0.3, 0.4) is 0 Å². The summed E-state index contributed by atoms with van der Waals surface area (Å²) in [5.74, 6) is 0.979. The summed E-state index contributed by atoms with van der Waals surface area (Å²) in [5, 5.41) is 5.42. The van der Waals surface area contributed by atoms with Gasteiger partial charge in [-0.15, -0.1) is 0 Å². The molecule has 0 saturated carbocycles. The Kier molecular flexibility index (Phi) is 4.58. The van der Waals surface area contributed by atoms with Gasteiger partial charge in [-0.3, -0.25) is 4.90 Å². The summed E-state index contributed by atoms with van der Waals surface area (Å²) < 4.78 is 1.85. The molecule has 0 amide bonds. The average molecular weight is 337 g/mol. The molecule has 3 heterocycles. The molecule has 130 valence electrons. The largest absolute Gasteiger partial charge is 0.353 e. The SMILES string of the molecule is NCCn1ncc2c(N3CCN(Cc4ccccc4)CC3)ncnc21. The maximum atomic E-state index is 5.65. The molecule has 2 aromatic heterocycles. The molecule has 0 aliphatic carbocycles. The Morgan fingerprint density at radius 2 is 1.80 bits per heavy atom. The summed E-state index contributed by atoms with van der Waals surface area (Å²) in [4.78, 5) is 13.7. The molecule has 0 unspecified atom stereocenters. The first-order valence-electron chi connectivity index (χ1n) is 8.73. The molecule has 1 aliphatic heterocycles. The number of nitrogens with two attached hydrogens (primary N) is 1. The highest BCUT2D eigenvalue weighted by Gasteiger charge is 2.21. The van der Waals surface area contributed by atoms with E-state index in [0.717, 1.165) is 49.6 Å². The molecule has 0 radical (unpaired) electrons. The lowest BCUT2D eigenvalue weighted by Gasteiger charge is -2.35. The number of hydrogen-bond acceptors (Lipinski definition) is 6. The molecule has 0 spiro atoms. The van der Waals surface area contributed by atoms with E-state index in [1.165, 1.54) is 5.56 Å². The summed E-state index contributed by atoms with van der Waals surface area (Å²) >= 11 is 0. The van der Waals surface area contributed by atoms with E-state index >= 15 is 0 Å². The first-order valence-corrected chi connectivity index (χ1v) is 8.73. The Bertz CT molecular complexity index is 822. The number of rotatable bonds is 5. The van der Waals surface area contributed by atoms with Gasteiger partial charge in [-0.2, -0.15) is 5.10 Å². The van der Waals surface area contributed by atoms with Crippen molar-refractivity contribution < 1.29 is 0 Å². The fourth-order valence-corrected chi connectivity index (χ4v) is 3.38. The fraction of sp³-hybridized carbons (Fsp3) is 0.389. The second kappa shape index (κ2) is 7.16. The van der Waals surface area contributed by atoms with Gasteiger partial charge in [-0.25, -0.2) is 14.6 Å². The highest BCUT2D eigenvalue weighted by Crippen LogP contribution is 2.23. The van der Waals surface area contributed by atoms with Crippen molar-refractivity contribution in [3.63, 3.8) is 0 Å². The number of hydrogen-bond donors (Lipinski definition) is 1. The van der Waals surface area contributed by atoms with Crippen LogP contribution in [0.2, 0.25) is 0 Å². The van der Waals surface area contributed by atoms with Gasteiger partial charge in [-0.05, 0) is 5.56 Å². The van der Waals surface area contributed by atoms with E-state index in [1.54, 1.807) is 6.33 Å². The monoisotopic (exact) mass is 337 g/mol. The van der Waals surface area contributed by atoms with E-state index in [9.17, 15) is 0 Å². The minimum atomic E-state index is 0.550. The van der Waals surface area contributed by atoms with Gasteiger partial charge >= 0.3 is 0 Å². The van der Waals surface area contributed by atoms with Gasteiger partial charge in [-0.1, -0.05) is 30.3 Å². The van der Waals surface area contributed by atoms with Gasteiger partial charge < -0.3 is 10.6 Å². The molecule has 7 heteroatoms. The summed E-state index contributed by atoms with van der Waals surface area (Å²) in [6, 6.07) is 10.6. The Morgan fingerprint density at radius 1 is 1.00 bits per heavy atom. The third kappa shape index (κ3) is 3.33. The summed E-state index contributed by atoms with van der Waals surface area (Å²) in [7, 11) is 0. The molecule has 1 aliphatic rings. The highest BCUT2D eigenvalue weighted by atomic mass is 15.3. The second-order valence-electron chi connectivity index (χ2n) is 6.34. The lowest BCUT2D eigenvalue weighted by atomic mass is 10.2. The zero-order valence-electron chi connectivity index (χ0n) is 14.3. The third-order valence-corrected chi connectivity index (χ3v) is 4.67. The Balaban J connectivity index is 1.46. The van der Waals surface area contributed by atoms with E-state index in [1.807, 2.05) is 10.9 Å². The van der Waals surface area contributed by atoms with E-state index in [-0.39, 0.29) is 0 Å². The average Bonchev–Trinajstić information content (AvgIpc) is 3.07. The molecule has 25 heavy (non-hydrogen) atoms. The van der Waals surface area contributed by atoms with Crippen molar-refractivity contribution >= 4 is 16.9 Å². The molecule has 3 aromatic rings. The standard InChI is InChI=1S/C18H23N7/c19-6-7-25-18-16(12-22-25)17(20-14-21-18)24-10-8-23(9-11-24)13-15-4-2-1-3-5-15/h1-5,12,14H,6-11,13,19H2. The van der Waals surface area contributed by atoms with Gasteiger partial charge in [0.1, 0.15) is 12.1 Å². The molecule has 0 atom stereocenters. The molecule has 1 aromatic carbocycles. The third-order valence-electron chi connectivity index (χ3n) is 4.67. The minimum absolute atomic E-state index is 0.550. The molecular weight excluding hydrogens is 314 g/mol. The van der Waals surface area contributed by atoms with Crippen LogP contribution in [0.4, 0.5) is 5.82 Å². The maximum absolute atomic E-state index is 5.65. The highest BCUT2D eigenvalue weighted by molar-refractivity contribution is 5.86. The Hall–Kier alpha value is -2.51. The van der Waals surface area contributed by atoms with Crippen LogP contribution in [0.15, 0.2) is 42.9 Å². The first-order chi connectivity index (χ1) is 12.3. The zero-order valence-corrected chi connectivity index (χ0v) is 14.3. The summed E-state index contributed by atoms with van der Waals surface area (Å²) in [6.45, 7) is 6.19. The van der Waals surface area contributed by atoms with Crippen LogP contribution >= 0.6 is 0 Å². The predicted octanol–water partition coefficient (Wildman–Crippen LogP) is 1.11. The zero-order chi connectivity index (χ0) is 17.1. The molecule has 7 nitrogen and oxygen atoms in total. The van der Waals surface area contributed by atoms with E-state index in [4.69, 9.17) is 5.73 Å². The van der Waals surface area contributed by atoms with Crippen molar-refractivity contribution in [2.45, 2.75) is 13.1 Å². The van der Waals surface area contributed by atoms with Crippen LogP contribution in [0.25, 0.3) is 11.0 Å². The van der Waals surface area contributed by atoms with Crippen LogP contribution in [-0.4, -0.2) is 57.4 Å². The van der Waals surface area contributed by atoms with E-state index < -0.39 is 0 Å². The van der Waals surface area contributed by atoms with Crippen molar-refractivity contribution in [2.24, 2.45) is 5.73 Å². The molecule has 0 bridgehead atoms. The van der Waals surface area contributed by atoms with Crippen LogP contribution in [0.5, 0.6) is 0 Å². The lowest BCUT2D eigenvalue weighted by molar-refractivity contribution is 0.249. The number of benzene rings is 1. The van der Waals surface area contributed by atoms with Crippen LogP contribution < -0.4 is 10.6 Å². The maximum Gasteiger partial charge on any atom is 0.163 e. The van der Waals surface area contributed by atoms with Crippen molar-refractivity contribution in [1.29, 1.82) is 0 Å². The van der Waals surface area contributed by atoms with Gasteiger partial charge in [0.25, 0.3) is 0 Å². The molecule has 1 saturated heterocycles. The number of piperazine rings is 1. The lowest BCUT2D eigenvalue weighted by Crippen LogP contribution is -2.46. The van der Waals surface area contributed by atoms with Gasteiger partial charge in [0.15, 0.2) is 5.65 Å². The number of nitrogens with zero attached hydrogens (tertiary/aromatic N) is 6. The molecule has 2 N–H and O–H groups in total. The quantitative estimate of drug-likeness (QED) is 0.751. The molecular formula is C18H23N7. The van der Waals surface area contributed by atoms with Gasteiger partial charge in [0, 0.05) is 39.3 Å². The number of aromatic nitrogens is 4. The van der Waals surface area contributed by atoms with E-state index in [2.05, 4.69) is 55.2 Å². The Morgan fingerprint density at radius 3 is 2.56 bits per heavy atom. The smallest absolute Gasteiger partial charge is 0.163 e. The van der Waals surface area contributed by atoms with Crippen LogP contribution in [0, 0.1) is 0 Å². The van der Waals surface area contributed by atoms with Crippen molar-refractivity contribution in [3.05, 3.63) is 48.4 Å². The second-order valence-corrected chi connectivity index (χ2v) is 6.34. The van der Waals surface area contributed by atoms with Crippen molar-refractivity contribution in [1.82, 2.24) is 24.6 Å². The minimum Gasteiger partial charge on any atom is -0.353 e. The summed E-state index contributed by atoms with van der Waals surface area (Å²) in [6.07, 6.45) is 3.49. The predicted molar refractivity (Wildman–Crippen MR) is 98.3 cm³/mol. The topological polar surface area (TPSA) is 76.1 Å². The molecule has 4 rings (SSSR count). The van der Waals surface area contributed by atoms with Crippen LogP contribution in [-0.2, 0) is 13.1 Å². The van der Waals surface area contributed by atoms with Crippen molar-refractivity contribution in [2.75, 3.05) is 37.6 Å². The molecule has 1 fully saturated rings. The fourth-order valence-electron chi connectivity index (χ4n) is 3.38.